The molecule has 0 spiro atoms. The molecule has 0 aromatic carbocycles. The summed E-state index contributed by atoms with van der Waals surface area (Å²) < 4.78 is 0. The zero-order valence-corrected chi connectivity index (χ0v) is 15.1. The Morgan fingerprint density at radius 1 is 1.00 bits per heavy atom. The van der Waals surface area contributed by atoms with Gasteiger partial charge in [-0.15, -0.1) is 10.2 Å². The van der Waals surface area contributed by atoms with Crippen molar-refractivity contribution >= 4 is 17.2 Å². The fourth-order valence-corrected chi connectivity index (χ4v) is 2.94. The Kier molecular flexibility index (Phi) is 4.80. The number of hydrogen-bond donors (Lipinski definition) is 3. The van der Waals surface area contributed by atoms with Gasteiger partial charge >= 0.3 is 0 Å². The Balaban J connectivity index is 1.51. The third kappa shape index (κ3) is 3.95. The Hall–Kier alpha value is -3.26. The molecule has 0 radical (unpaired) electrons. The first kappa shape index (κ1) is 17.2. The maximum atomic E-state index is 10.4. The van der Waals surface area contributed by atoms with Crippen molar-refractivity contribution in [3.63, 3.8) is 0 Å². The minimum Gasteiger partial charge on any atom is -0.506 e. The number of pyridine rings is 2. The van der Waals surface area contributed by atoms with E-state index in [2.05, 4.69) is 35.7 Å². The lowest BCUT2D eigenvalue weighted by molar-refractivity contribution is 0.475. The van der Waals surface area contributed by atoms with Gasteiger partial charge in [-0.05, 0) is 31.2 Å². The highest BCUT2D eigenvalue weighted by Crippen LogP contribution is 2.29. The predicted octanol–water partition coefficient (Wildman–Crippen LogP) is 2.10. The molecule has 138 valence electrons. The van der Waals surface area contributed by atoms with E-state index < -0.39 is 0 Å². The van der Waals surface area contributed by atoms with Crippen molar-refractivity contribution in [3.05, 3.63) is 48.4 Å². The molecule has 0 saturated carbocycles. The van der Waals surface area contributed by atoms with E-state index in [0.717, 1.165) is 43.4 Å². The molecule has 8 heteroatoms. The first-order valence-electron chi connectivity index (χ1n) is 8.87. The molecule has 4 rings (SSSR count). The Labute approximate surface area is 157 Å². The molecule has 1 fully saturated rings. The fraction of sp³-hybridized carbons (Fsp3) is 0.263. The molecule has 3 aromatic heterocycles. The van der Waals surface area contributed by atoms with Crippen molar-refractivity contribution in [2.24, 2.45) is 0 Å². The van der Waals surface area contributed by atoms with E-state index in [9.17, 15) is 5.11 Å². The van der Waals surface area contributed by atoms with Gasteiger partial charge in [0.15, 0.2) is 5.82 Å². The summed E-state index contributed by atoms with van der Waals surface area (Å²) in [5.41, 5.74) is 3.39. The number of nitrogens with one attached hydrogen (secondary N) is 2. The quantitative estimate of drug-likeness (QED) is 0.648. The molecular weight excluding hydrogens is 342 g/mol. The van der Waals surface area contributed by atoms with Gasteiger partial charge < -0.3 is 20.6 Å². The second-order valence-electron chi connectivity index (χ2n) is 6.42. The van der Waals surface area contributed by atoms with Crippen molar-refractivity contribution in [2.75, 3.05) is 36.4 Å². The van der Waals surface area contributed by atoms with E-state index in [1.54, 1.807) is 18.5 Å². The van der Waals surface area contributed by atoms with Crippen LogP contribution in [-0.2, 0) is 0 Å². The van der Waals surface area contributed by atoms with E-state index in [-0.39, 0.29) is 5.75 Å². The van der Waals surface area contributed by atoms with E-state index in [1.807, 2.05) is 31.2 Å². The van der Waals surface area contributed by atoms with Crippen molar-refractivity contribution in [1.29, 1.82) is 0 Å². The summed E-state index contributed by atoms with van der Waals surface area (Å²) in [5, 5.41) is 25.4. The van der Waals surface area contributed by atoms with Gasteiger partial charge in [0, 0.05) is 37.9 Å². The summed E-state index contributed by atoms with van der Waals surface area (Å²) >= 11 is 0. The molecule has 0 unspecified atom stereocenters. The molecule has 0 amide bonds. The molecule has 3 aromatic rings. The standard InChI is InChI=1S/C19H21N7O/c1-13-2-3-14(11-21-13)23-15-10-17(27)19(22-12-15)16-4-5-18(25-24-16)26-8-6-20-7-9-26/h2-5,10-12,20,23,27H,6-9H2,1H3. The molecular formula is C19H21N7O. The number of aromatic hydroxyl groups is 1. The number of aromatic nitrogens is 4. The molecule has 1 aliphatic heterocycles. The second kappa shape index (κ2) is 7.55. The summed E-state index contributed by atoms with van der Waals surface area (Å²) in [6, 6.07) is 9.21. The highest BCUT2D eigenvalue weighted by Gasteiger charge is 2.14. The lowest BCUT2D eigenvalue weighted by Gasteiger charge is -2.27. The summed E-state index contributed by atoms with van der Waals surface area (Å²) in [7, 11) is 0. The number of rotatable bonds is 4. The predicted molar refractivity (Wildman–Crippen MR) is 104 cm³/mol. The lowest BCUT2D eigenvalue weighted by atomic mass is 10.2. The number of nitrogens with zero attached hydrogens (tertiary/aromatic N) is 5. The van der Waals surface area contributed by atoms with Crippen LogP contribution in [0.25, 0.3) is 11.4 Å². The topological polar surface area (TPSA) is 99.1 Å². The molecule has 4 heterocycles. The van der Waals surface area contributed by atoms with Gasteiger partial charge in [0.1, 0.15) is 17.1 Å². The van der Waals surface area contributed by atoms with Crippen molar-refractivity contribution in [3.8, 4) is 17.1 Å². The van der Waals surface area contributed by atoms with Crippen LogP contribution in [0.5, 0.6) is 5.75 Å². The minimum atomic E-state index is 0.0456. The van der Waals surface area contributed by atoms with Gasteiger partial charge in [-0.2, -0.15) is 0 Å². The highest BCUT2D eigenvalue weighted by atomic mass is 16.3. The first-order valence-corrected chi connectivity index (χ1v) is 8.87. The molecule has 3 N–H and O–H groups in total. The Morgan fingerprint density at radius 2 is 1.81 bits per heavy atom. The maximum absolute atomic E-state index is 10.4. The van der Waals surface area contributed by atoms with Crippen LogP contribution in [0.4, 0.5) is 17.2 Å². The summed E-state index contributed by atoms with van der Waals surface area (Å²) in [6.45, 7) is 5.63. The SMILES string of the molecule is Cc1ccc(Nc2cnc(-c3ccc(N4CCNCC4)nn3)c(O)c2)cn1. The third-order valence-corrected chi connectivity index (χ3v) is 4.40. The highest BCUT2D eigenvalue weighted by molar-refractivity contribution is 5.68. The summed E-state index contributed by atoms with van der Waals surface area (Å²) in [5.74, 6) is 0.884. The average Bonchev–Trinajstić information content (AvgIpc) is 2.71. The van der Waals surface area contributed by atoms with Crippen LogP contribution in [-0.4, -0.2) is 51.5 Å². The van der Waals surface area contributed by atoms with E-state index >= 15 is 0 Å². The normalized spacial score (nSPS) is 14.2. The van der Waals surface area contributed by atoms with Crippen LogP contribution in [0.1, 0.15) is 5.69 Å². The zero-order valence-electron chi connectivity index (χ0n) is 15.1. The first-order chi connectivity index (χ1) is 13.2. The summed E-state index contributed by atoms with van der Waals surface area (Å²) in [6.07, 6.45) is 3.39. The van der Waals surface area contributed by atoms with Crippen LogP contribution >= 0.6 is 0 Å². The van der Waals surface area contributed by atoms with Crippen LogP contribution in [0, 0.1) is 6.92 Å². The largest absolute Gasteiger partial charge is 0.506 e. The van der Waals surface area contributed by atoms with Crippen molar-refractivity contribution in [1.82, 2.24) is 25.5 Å². The van der Waals surface area contributed by atoms with Gasteiger partial charge in [0.05, 0.1) is 23.8 Å². The molecule has 1 saturated heterocycles. The lowest BCUT2D eigenvalue weighted by Crippen LogP contribution is -2.43. The monoisotopic (exact) mass is 363 g/mol. The molecule has 0 aliphatic carbocycles. The van der Waals surface area contributed by atoms with Gasteiger partial charge in [-0.1, -0.05) is 0 Å². The molecule has 8 nitrogen and oxygen atoms in total. The fourth-order valence-electron chi connectivity index (χ4n) is 2.94. The van der Waals surface area contributed by atoms with Gasteiger partial charge in [0.2, 0.25) is 0 Å². The molecule has 0 atom stereocenters. The van der Waals surface area contributed by atoms with Crippen LogP contribution in [0.3, 0.4) is 0 Å². The minimum absolute atomic E-state index is 0.0456. The summed E-state index contributed by atoms with van der Waals surface area (Å²) in [4.78, 5) is 10.8. The molecule has 1 aliphatic rings. The number of anilines is 3. The smallest absolute Gasteiger partial charge is 0.151 e. The van der Waals surface area contributed by atoms with Gasteiger partial charge in [-0.25, -0.2) is 4.98 Å². The van der Waals surface area contributed by atoms with Crippen LogP contribution in [0.2, 0.25) is 0 Å². The van der Waals surface area contributed by atoms with Crippen LogP contribution in [0.15, 0.2) is 42.7 Å². The van der Waals surface area contributed by atoms with Gasteiger partial charge in [0.25, 0.3) is 0 Å². The van der Waals surface area contributed by atoms with E-state index in [1.165, 1.54) is 0 Å². The van der Waals surface area contributed by atoms with E-state index in [4.69, 9.17) is 0 Å². The maximum Gasteiger partial charge on any atom is 0.151 e. The van der Waals surface area contributed by atoms with Gasteiger partial charge in [-0.3, -0.25) is 4.98 Å². The Bertz CT molecular complexity index is 906. The van der Waals surface area contributed by atoms with E-state index in [0.29, 0.717) is 17.1 Å². The molecule has 0 bridgehead atoms. The number of aryl methyl sites for hydroxylation is 1. The average molecular weight is 363 g/mol. The third-order valence-electron chi connectivity index (χ3n) is 4.40. The number of hydrogen-bond acceptors (Lipinski definition) is 8. The zero-order chi connectivity index (χ0) is 18.6. The Morgan fingerprint density at radius 3 is 2.48 bits per heavy atom. The second-order valence-corrected chi connectivity index (χ2v) is 6.42. The van der Waals surface area contributed by atoms with Crippen LogP contribution < -0.4 is 15.5 Å². The van der Waals surface area contributed by atoms with Crippen molar-refractivity contribution in [2.45, 2.75) is 6.92 Å². The number of piperazine rings is 1. The van der Waals surface area contributed by atoms with Crippen molar-refractivity contribution < 1.29 is 5.11 Å². The molecule has 27 heavy (non-hydrogen) atoms.